The van der Waals surface area contributed by atoms with E-state index in [1.807, 2.05) is 0 Å². The van der Waals surface area contributed by atoms with Gasteiger partial charge in [-0.25, -0.2) is 0 Å². The van der Waals surface area contributed by atoms with Gasteiger partial charge in [0.15, 0.2) is 0 Å². The van der Waals surface area contributed by atoms with Crippen LogP contribution in [0.25, 0.3) is 0 Å². The van der Waals surface area contributed by atoms with Gasteiger partial charge in [0.1, 0.15) is 0 Å². The summed E-state index contributed by atoms with van der Waals surface area (Å²) in [5.74, 6) is -2.76. The van der Waals surface area contributed by atoms with Crippen molar-refractivity contribution in [1.82, 2.24) is 0 Å². The number of carbonyl (C=O) groups is 2. The molecule has 0 heterocycles. The summed E-state index contributed by atoms with van der Waals surface area (Å²) < 4.78 is 0. The largest absolute Gasteiger partial charge is 0.481 e. The number of hydrogen-bond donors (Lipinski definition) is 2. The van der Waals surface area contributed by atoms with Crippen molar-refractivity contribution in [3.8, 4) is 0 Å². The maximum atomic E-state index is 10.8. The minimum absolute atomic E-state index is 0.267. The van der Waals surface area contributed by atoms with Crippen LogP contribution in [0.15, 0.2) is 12.2 Å². The van der Waals surface area contributed by atoms with Crippen LogP contribution in [0.2, 0.25) is 0 Å². The molecule has 0 aliphatic heterocycles. The summed E-state index contributed by atoms with van der Waals surface area (Å²) in [4.78, 5) is 21.3. The average Bonchev–Trinajstić information content (AvgIpc) is 2.34. The van der Waals surface area contributed by atoms with Gasteiger partial charge in [0.05, 0.1) is 12.3 Å². The Morgan fingerprint density at radius 1 is 1.00 bits per heavy atom. The maximum Gasteiger partial charge on any atom is 0.307 e. The molecule has 0 bridgehead atoms. The van der Waals surface area contributed by atoms with E-state index in [1.54, 1.807) is 0 Å². The summed E-state index contributed by atoms with van der Waals surface area (Å²) >= 11 is 0. The molecule has 2 N–H and O–H groups in total. The fraction of sp³-hybridized carbons (Fsp3) is 0.733. The van der Waals surface area contributed by atoms with Gasteiger partial charge >= 0.3 is 11.9 Å². The Balaban J connectivity index is 3.52. The Morgan fingerprint density at radius 3 is 2.21 bits per heavy atom. The van der Waals surface area contributed by atoms with Gasteiger partial charge in [-0.05, 0) is 25.7 Å². The first kappa shape index (κ1) is 17.7. The molecule has 0 fully saturated rings. The number of rotatable bonds is 12. The van der Waals surface area contributed by atoms with Crippen molar-refractivity contribution in [2.24, 2.45) is 5.92 Å². The molecular formula is C15H26O4. The lowest BCUT2D eigenvalue weighted by Gasteiger charge is -2.09. The van der Waals surface area contributed by atoms with Crippen LogP contribution in [0, 0.1) is 5.92 Å². The molecule has 0 aliphatic rings. The predicted molar refractivity (Wildman–Crippen MR) is 75.1 cm³/mol. The molecule has 0 radical (unpaired) electrons. The third-order valence-electron chi connectivity index (χ3n) is 3.10. The first-order chi connectivity index (χ1) is 9.07. The molecule has 0 aliphatic carbocycles. The lowest BCUT2D eigenvalue weighted by Crippen LogP contribution is -2.17. The van der Waals surface area contributed by atoms with Gasteiger partial charge in [0, 0.05) is 0 Å². The highest BCUT2D eigenvalue weighted by atomic mass is 16.4. The minimum Gasteiger partial charge on any atom is -0.481 e. The molecule has 0 spiro atoms. The standard InChI is InChI=1S/C15H26O4/c1-2-3-4-5-6-7-8-9-10-11-13(15(18)19)12-14(16)17/h3-4,13H,2,5-12H2,1H3,(H,16,17)(H,18,19)/b4-3+. The Kier molecular flexibility index (Phi) is 10.9. The normalized spacial score (nSPS) is 12.7. The molecule has 0 aromatic rings. The molecule has 0 aromatic heterocycles. The molecule has 1 unspecified atom stereocenters. The highest BCUT2D eigenvalue weighted by Gasteiger charge is 2.19. The molecule has 1 atom stereocenters. The average molecular weight is 270 g/mol. The second-order valence-electron chi connectivity index (χ2n) is 4.86. The summed E-state index contributed by atoms with van der Waals surface area (Å²) in [6.45, 7) is 2.12. The molecule has 110 valence electrons. The van der Waals surface area contributed by atoms with E-state index in [0.717, 1.165) is 38.5 Å². The first-order valence-corrected chi connectivity index (χ1v) is 7.17. The molecule has 0 saturated carbocycles. The molecule has 0 rings (SSSR count). The van der Waals surface area contributed by atoms with Gasteiger partial charge in [0.25, 0.3) is 0 Å². The highest BCUT2D eigenvalue weighted by Crippen LogP contribution is 2.15. The number of hydrogen-bond acceptors (Lipinski definition) is 2. The molecule has 19 heavy (non-hydrogen) atoms. The van der Waals surface area contributed by atoms with Crippen molar-refractivity contribution in [2.75, 3.05) is 0 Å². The molecular weight excluding hydrogens is 244 g/mol. The van der Waals surface area contributed by atoms with Crippen LogP contribution >= 0.6 is 0 Å². The maximum absolute atomic E-state index is 10.8. The zero-order chi connectivity index (χ0) is 14.5. The van der Waals surface area contributed by atoms with Crippen molar-refractivity contribution < 1.29 is 19.8 Å². The fourth-order valence-electron chi connectivity index (χ4n) is 1.99. The number of aliphatic carboxylic acids is 2. The van der Waals surface area contributed by atoms with Crippen LogP contribution in [-0.4, -0.2) is 22.2 Å². The third-order valence-corrected chi connectivity index (χ3v) is 3.10. The van der Waals surface area contributed by atoms with Crippen LogP contribution in [0.1, 0.15) is 64.7 Å². The zero-order valence-electron chi connectivity index (χ0n) is 11.8. The van der Waals surface area contributed by atoms with E-state index in [0.29, 0.717) is 6.42 Å². The monoisotopic (exact) mass is 270 g/mol. The van der Waals surface area contributed by atoms with Gasteiger partial charge in [-0.15, -0.1) is 0 Å². The van der Waals surface area contributed by atoms with Gasteiger partial charge in [-0.1, -0.05) is 44.8 Å². The molecule has 0 saturated heterocycles. The van der Waals surface area contributed by atoms with E-state index in [4.69, 9.17) is 10.2 Å². The van der Waals surface area contributed by atoms with Crippen molar-refractivity contribution in [3.63, 3.8) is 0 Å². The van der Waals surface area contributed by atoms with Gasteiger partial charge < -0.3 is 10.2 Å². The van der Waals surface area contributed by atoms with Gasteiger partial charge in [-0.2, -0.15) is 0 Å². The molecule has 0 amide bonds. The van der Waals surface area contributed by atoms with Crippen LogP contribution < -0.4 is 0 Å². The zero-order valence-corrected chi connectivity index (χ0v) is 11.8. The third kappa shape index (κ3) is 11.5. The van der Waals surface area contributed by atoms with E-state index in [-0.39, 0.29) is 6.42 Å². The topological polar surface area (TPSA) is 74.6 Å². The number of allylic oxidation sites excluding steroid dienone is 2. The molecule has 0 aromatic carbocycles. The van der Waals surface area contributed by atoms with E-state index >= 15 is 0 Å². The van der Waals surface area contributed by atoms with Crippen LogP contribution in [0.5, 0.6) is 0 Å². The minimum atomic E-state index is -1.03. The van der Waals surface area contributed by atoms with Crippen molar-refractivity contribution in [1.29, 1.82) is 0 Å². The molecule has 4 heteroatoms. The SMILES string of the molecule is CC/C=C/CCCCCCCC(CC(=O)O)C(=O)O. The van der Waals surface area contributed by atoms with Crippen molar-refractivity contribution in [2.45, 2.75) is 64.7 Å². The van der Waals surface area contributed by atoms with Crippen LogP contribution in [-0.2, 0) is 9.59 Å². The van der Waals surface area contributed by atoms with Crippen molar-refractivity contribution >= 4 is 11.9 Å². The van der Waals surface area contributed by atoms with Crippen molar-refractivity contribution in [3.05, 3.63) is 12.2 Å². The number of unbranched alkanes of at least 4 members (excludes halogenated alkanes) is 5. The summed E-state index contributed by atoms with van der Waals surface area (Å²) in [7, 11) is 0. The van der Waals surface area contributed by atoms with Crippen LogP contribution in [0.3, 0.4) is 0 Å². The Hall–Kier alpha value is -1.32. The quantitative estimate of drug-likeness (QED) is 0.417. The lowest BCUT2D eigenvalue weighted by molar-refractivity contribution is -0.148. The van der Waals surface area contributed by atoms with E-state index in [2.05, 4.69) is 19.1 Å². The summed E-state index contributed by atoms with van der Waals surface area (Å²) in [5.41, 5.74) is 0. The summed E-state index contributed by atoms with van der Waals surface area (Å²) in [6, 6.07) is 0. The second kappa shape index (κ2) is 11.8. The van der Waals surface area contributed by atoms with E-state index in [1.165, 1.54) is 6.42 Å². The Bertz CT molecular complexity index is 284. The Morgan fingerprint density at radius 2 is 1.63 bits per heavy atom. The van der Waals surface area contributed by atoms with E-state index < -0.39 is 17.9 Å². The Labute approximate surface area is 115 Å². The molecule has 4 nitrogen and oxygen atoms in total. The van der Waals surface area contributed by atoms with Gasteiger partial charge in [-0.3, -0.25) is 9.59 Å². The summed E-state index contributed by atoms with van der Waals surface area (Å²) in [5, 5.41) is 17.5. The first-order valence-electron chi connectivity index (χ1n) is 7.17. The summed E-state index contributed by atoms with van der Waals surface area (Å²) in [6.07, 6.45) is 12.0. The highest BCUT2D eigenvalue weighted by molar-refractivity contribution is 5.77. The number of carboxylic acids is 2. The second-order valence-corrected chi connectivity index (χ2v) is 4.86. The number of carboxylic acid groups (broad SMARTS) is 2. The fourth-order valence-corrected chi connectivity index (χ4v) is 1.99. The van der Waals surface area contributed by atoms with E-state index in [9.17, 15) is 9.59 Å². The van der Waals surface area contributed by atoms with Crippen LogP contribution in [0.4, 0.5) is 0 Å². The predicted octanol–water partition coefficient (Wildman–Crippen LogP) is 3.86. The lowest BCUT2D eigenvalue weighted by atomic mass is 9.97. The smallest absolute Gasteiger partial charge is 0.307 e. The van der Waals surface area contributed by atoms with Gasteiger partial charge in [0.2, 0.25) is 0 Å².